The molecule has 0 atom stereocenters. The Morgan fingerprint density at radius 3 is 2.79 bits per heavy atom. The molecule has 0 radical (unpaired) electrons. The maximum atomic E-state index is 4.36. The summed E-state index contributed by atoms with van der Waals surface area (Å²) < 4.78 is 2.13. The molecular weight excluding hydrogens is 174 g/mol. The topological polar surface area (TPSA) is 29.9 Å². The molecule has 0 bridgehead atoms. The van der Waals surface area contributed by atoms with Gasteiger partial charge in [0.25, 0.3) is 0 Å². The van der Waals surface area contributed by atoms with E-state index in [0.717, 1.165) is 25.2 Å². The number of rotatable bonds is 3. The quantitative estimate of drug-likeness (QED) is 0.734. The Morgan fingerprint density at radius 2 is 2.21 bits per heavy atom. The summed E-state index contributed by atoms with van der Waals surface area (Å²) in [6, 6.07) is 0.618. The number of nitrogens with one attached hydrogen (secondary N) is 1. The molecular formula is C11H17N3. The van der Waals surface area contributed by atoms with Gasteiger partial charge in [-0.05, 0) is 19.8 Å². The van der Waals surface area contributed by atoms with Crippen LogP contribution < -0.4 is 5.32 Å². The van der Waals surface area contributed by atoms with E-state index in [4.69, 9.17) is 0 Å². The van der Waals surface area contributed by atoms with Gasteiger partial charge in [0, 0.05) is 25.0 Å². The van der Waals surface area contributed by atoms with Crippen molar-refractivity contribution in [3.8, 4) is 0 Å². The lowest BCUT2D eigenvalue weighted by atomic mass is 10.2. The fourth-order valence-corrected chi connectivity index (χ4v) is 1.73. The minimum Gasteiger partial charge on any atom is -0.334 e. The van der Waals surface area contributed by atoms with Crippen molar-refractivity contribution in [2.45, 2.75) is 32.4 Å². The van der Waals surface area contributed by atoms with E-state index in [9.17, 15) is 0 Å². The lowest BCUT2D eigenvalue weighted by Gasteiger charge is -2.11. The molecule has 0 unspecified atom stereocenters. The first-order valence-corrected chi connectivity index (χ1v) is 5.13. The Balaban J connectivity index is 1.88. The molecule has 14 heavy (non-hydrogen) atoms. The first kappa shape index (κ1) is 9.46. The van der Waals surface area contributed by atoms with E-state index in [1.165, 1.54) is 5.69 Å². The molecule has 0 spiro atoms. The number of nitrogens with zero attached hydrogens (tertiary/aromatic N) is 2. The summed E-state index contributed by atoms with van der Waals surface area (Å²) in [6.07, 6.45) is 8.71. The van der Waals surface area contributed by atoms with Gasteiger partial charge in [-0.15, -0.1) is 0 Å². The Morgan fingerprint density at radius 1 is 1.50 bits per heavy atom. The Hall–Kier alpha value is -1.09. The van der Waals surface area contributed by atoms with Crippen molar-refractivity contribution in [3.05, 3.63) is 29.9 Å². The average molecular weight is 191 g/mol. The van der Waals surface area contributed by atoms with Gasteiger partial charge in [-0.25, -0.2) is 4.98 Å². The Kier molecular flexibility index (Phi) is 2.68. The van der Waals surface area contributed by atoms with Crippen molar-refractivity contribution in [2.24, 2.45) is 7.05 Å². The van der Waals surface area contributed by atoms with Gasteiger partial charge in [0.05, 0.1) is 6.54 Å². The van der Waals surface area contributed by atoms with Gasteiger partial charge < -0.3 is 9.88 Å². The fourth-order valence-electron chi connectivity index (χ4n) is 1.73. The van der Waals surface area contributed by atoms with Crippen molar-refractivity contribution >= 4 is 0 Å². The first-order chi connectivity index (χ1) is 6.77. The van der Waals surface area contributed by atoms with Crippen molar-refractivity contribution in [1.29, 1.82) is 0 Å². The molecule has 76 valence electrons. The second-order valence-corrected chi connectivity index (χ2v) is 3.90. The van der Waals surface area contributed by atoms with Crippen LogP contribution in [0.5, 0.6) is 0 Å². The zero-order valence-electron chi connectivity index (χ0n) is 8.83. The molecule has 1 N–H and O–H groups in total. The average Bonchev–Trinajstić information content (AvgIpc) is 2.77. The Labute approximate surface area is 84.8 Å². The summed E-state index contributed by atoms with van der Waals surface area (Å²) in [5, 5.41) is 3.51. The largest absolute Gasteiger partial charge is 0.334 e. The normalized spacial score (nSPS) is 16.7. The molecule has 3 nitrogen and oxygen atoms in total. The lowest BCUT2D eigenvalue weighted by molar-refractivity contribution is 0.518. The van der Waals surface area contributed by atoms with Gasteiger partial charge in [0.1, 0.15) is 5.82 Å². The van der Waals surface area contributed by atoms with Crippen molar-refractivity contribution in [2.75, 3.05) is 0 Å². The summed E-state index contributed by atoms with van der Waals surface area (Å²) in [5.41, 5.74) is 1.21. The van der Waals surface area contributed by atoms with Crippen LogP contribution in [0.2, 0.25) is 0 Å². The predicted molar refractivity (Wildman–Crippen MR) is 56.9 cm³/mol. The summed E-state index contributed by atoms with van der Waals surface area (Å²) >= 11 is 0. The van der Waals surface area contributed by atoms with Crippen LogP contribution in [0, 0.1) is 6.92 Å². The van der Waals surface area contributed by atoms with E-state index in [1.807, 2.05) is 6.20 Å². The van der Waals surface area contributed by atoms with E-state index in [-0.39, 0.29) is 0 Å². The second-order valence-electron chi connectivity index (χ2n) is 3.90. The third kappa shape index (κ3) is 1.87. The molecule has 2 rings (SSSR count). The van der Waals surface area contributed by atoms with E-state index < -0.39 is 0 Å². The molecule has 1 heterocycles. The molecule has 1 aromatic rings. The highest BCUT2D eigenvalue weighted by Gasteiger charge is 2.10. The van der Waals surface area contributed by atoms with Gasteiger partial charge in [-0.1, -0.05) is 12.2 Å². The number of hydrogen-bond acceptors (Lipinski definition) is 2. The minimum atomic E-state index is 0.618. The SMILES string of the molecule is Cc1cnc(CNC2CC=CC2)n1C. The van der Waals surface area contributed by atoms with Crippen LogP contribution in [0.25, 0.3) is 0 Å². The van der Waals surface area contributed by atoms with Crippen LogP contribution in [0.1, 0.15) is 24.4 Å². The smallest absolute Gasteiger partial charge is 0.122 e. The number of aryl methyl sites for hydroxylation is 1. The van der Waals surface area contributed by atoms with Crippen LogP contribution in [0.15, 0.2) is 18.3 Å². The zero-order chi connectivity index (χ0) is 9.97. The second kappa shape index (κ2) is 3.96. The van der Waals surface area contributed by atoms with Crippen molar-refractivity contribution in [3.63, 3.8) is 0 Å². The number of imidazole rings is 1. The van der Waals surface area contributed by atoms with Gasteiger partial charge in [0.2, 0.25) is 0 Å². The molecule has 0 saturated carbocycles. The maximum Gasteiger partial charge on any atom is 0.122 e. The molecule has 3 heteroatoms. The van der Waals surface area contributed by atoms with Crippen LogP contribution in [0.4, 0.5) is 0 Å². The molecule has 0 saturated heterocycles. The first-order valence-electron chi connectivity index (χ1n) is 5.13. The summed E-state index contributed by atoms with van der Waals surface area (Å²) in [6.45, 7) is 2.95. The molecule has 0 amide bonds. The highest BCUT2D eigenvalue weighted by atomic mass is 15.1. The third-order valence-corrected chi connectivity index (χ3v) is 2.87. The van der Waals surface area contributed by atoms with E-state index in [1.54, 1.807) is 0 Å². The minimum absolute atomic E-state index is 0.618. The van der Waals surface area contributed by atoms with Gasteiger partial charge in [0.15, 0.2) is 0 Å². The van der Waals surface area contributed by atoms with Gasteiger partial charge in [-0.3, -0.25) is 0 Å². The van der Waals surface area contributed by atoms with Gasteiger partial charge >= 0.3 is 0 Å². The molecule has 1 aromatic heterocycles. The lowest BCUT2D eigenvalue weighted by Crippen LogP contribution is -2.27. The summed E-state index contributed by atoms with van der Waals surface area (Å²) in [5.74, 6) is 1.12. The van der Waals surface area contributed by atoms with E-state index in [0.29, 0.717) is 6.04 Å². The van der Waals surface area contributed by atoms with Crippen LogP contribution in [-0.4, -0.2) is 15.6 Å². The summed E-state index contributed by atoms with van der Waals surface area (Å²) in [7, 11) is 2.06. The van der Waals surface area contributed by atoms with E-state index >= 15 is 0 Å². The molecule has 0 aromatic carbocycles. The monoisotopic (exact) mass is 191 g/mol. The number of aromatic nitrogens is 2. The standard InChI is InChI=1S/C11H17N3/c1-9-7-13-11(14(9)2)8-12-10-5-3-4-6-10/h3-4,7,10,12H,5-6,8H2,1-2H3. The van der Waals surface area contributed by atoms with Crippen molar-refractivity contribution in [1.82, 2.24) is 14.9 Å². The third-order valence-electron chi connectivity index (χ3n) is 2.87. The molecule has 0 fully saturated rings. The predicted octanol–water partition coefficient (Wildman–Crippen LogP) is 1.54. The van der Waals surface area contributed by atoms with Crippen LogP contribution in [-0.2, 0) is 13.6 Å². The van der Waals surface area contributed by atoms with Crippen molar-refractivity contribution < 1.29 is 0 Å². The molecule has 0 aliphatic heterocycles. The fraction of sp³-hybridized carbons (Fsp3) is 0.545. The number of hydrogen-bond donors (Lipinski definition) is 1. The highest BCUT2D eigenvalue weighted by Crippen LogP contribution is 2.10. The van der Waals surface area contributed by atoms with Gasteiger partial charge in [-0.2, -0.15) is 0 Å². The summed E-state index contributed by atoms with van der Waals surface area (Å²) in [4.78, 5) is 4.36. The van der Waals surface area contributed by atoms with Crippen LogP contribution >= 0.6 is 0 Å². The highest BCUT2D eigenvalue weighted by molar-refractivity contribution is 5.03. The molecule has 1 aliphatic carbocycles. The zero-order valence-corrected chi connectivity index (χ0v) is 8.83. The van der Waals surface area contributed by atoms with E-state index in [2.05, 4.69) is 41.0 Å². The maximum absolute atomic E-state index is 4.36. The Bertz CT molecular complexity index is 330. The van der Waals surface area contributed by atoms with Crippen LogP contribution in [0.3, 0.4) is 0 Å². The molecule has 1 aliphatic rings.